The van der Waals surface area contributed by atoms with Crippen LogP contribution in [0, 0.1) is 12.8 Å². The van der Waals surface area contributed by atoms with Gasteiger partial charge in [0, 0.05) is 33.1 Å². The number of hydrogen-bond donors (Lipinski definition) is 1. The number of nitrogens with one attached hydrogen (secondary N) is 1. The van der Waals surface area contributed by atoms with E-state index in [1.807, 2.05) is 39.0 Å². The summed E-state index contributed by atoms with van der Waals surface area (Å²) >= 11 is 0. The number of aromatic nitrogens is 2. The SMILES string of the molecule is Cc1cc(CNC(=O)[C@H]2CC(=O)N(CCN(C)C)C2)n(C)n1. The van der Waals surface area contributed by atoms with Gasteiger partial charge in [0.05, 0.1) is 23.9 Å². The number of amides is 2. The Kier molecular flexibility index (Phi) is 5.18. The maximum absolute atomic E-state index is 12.2. The molecule has 1 aromatic rings. The predicted octanol–water partition coefficient (Wildman–Crippen LogP) is -0.245. The van der Waals surface area contributed by atoms with Crippen LogP contribution in [0.3, 0.4) is 0 Å². The summed E-state index contributed by atoms with van der Waals surface area (Å²) in [5.74, 6) is -0.234. The van der Waals surface area contributed by atoms with Gasteiger partial charge in [-0.15, -0.1) is 0 Å². The number of carbonyl (C=O) groups excluding carboxylic acids is 2. The van der Waals surface area contributed by atoms with E-state index in [-0.39, 0.29) is 17.7 Å². The van der Waals surface area contributed by atoms with Crippen molar-refractivity contribution in [3.63, 3.8) is 0 Å². The maximum atomic E-state index is 12.2. The minimum absolute atomic E-state index is 0.0560. The van der Waals surface area contributed by atoms with Gasteiger partial charge in [-0.2, -0.15) is 5.10 Å². The normalized spacial score (nSPS) is 18.3. The second-order valence-electron chi connectivity index (χ2n) is 6.16. The van der Waals surface area contributed by atoms with Crippen LogP contribution in [0.5, 0.6) is 0 Å². The van der Waals surface area contributed by atoms with Crippen LogP contribution in [0.4, 0.5) is 0 Å². The molecule has 0 radical (unpaired) electrons. The molecule has 2 heterocycles. The maximum Gasteiger partial charge on any atom is 0.225 e. The summed E-state index contributed by atoms with van der Waals surface area (Å²) in [7, 11) is 5.80. The number of rotatable bonds is 6. The van der Waals surface area contributed by atoms with Crippen LogP contribution < -0.4 is 5.32 Å². The van der Waals surface area contributed by atoms with Gasteiger partial charge >= 0.3 is 0 Å². The second-order valence-corrected chi connectivity index (χ2v) is 6.16. The first-order valence-electron chi connectivity index (χ1n) is 7.56. The van der Waals surface area contributed by atoms with E-state index in [1.54, 1.807) is 9.58 Å². The van der Waals surface area contributed by atoms with Crippen LogP contribution in [0.2, 0.25) is 0 Å². The molecule has 1 aliphatic heterocycles. The number of aryl methyl sites for hydroxylation is 2. The molecule has 2 amide bonds. The zero-order valence-corrected chi connectivity index (χ0v) is 13.8. The molecule has 1 fully saturated rings. The first kappa shape index (κ1) is 16.5. The molecule has 1 atom stereocenters. The van der Waals surface area contributed by atoms with Crippen LogP contribution in [0.25, 0.3) is 0 Å². The minimum atomic E-state index is -0.246. The van der Waals surface area contributed by atoms with Gasteiger partial charge < -0.3 is 15.1 Å². The highest BCUT2D eigenvalue weighted by Gasteiger charge is 2.33. The molecule has 0 unspecified atom stereocenters. The molecule has 0 saturated carbocycles. The largest absolute Gasteiger partial charge is 0.350 e. The first-order valence-corrected chi connectivity index (χ1v) is 7.56. The van der Waals surface area contributed by atoms with Gasteiger partial charge in [-0.1, -0.05) is 0 Å². The average Bonchev–Trinajstić information content (AvgIpc) is 2.96. The standard InChI is InChI=1S/C15H25N5O2/c1-11-7-13(19(4)17-11)9-16-15(22)12-8-14(21)20(10-12)6-5-18(2)3/h7,12H,5-6,8-10H2,1-4H3,(H,16,22)/t12-/m0/s1. The Morgan fingerprint density at radius 1 is 1.50 bits per heavy atom. The van der Waals surface area contributed by atoms with Gasteiger partial charge in [-0.05, 0) is 27.1 Å². The van der Waals surface area contributed by atoms with E-state index in [0.29, 0.717) is 26.1 Å². The Bertz CT molecular complexity index is 552. The van der Waals surface area contributed by atoms with Crippen LogP contribution in [-0.4, -0.2) is 65.1 Å². The number of nitrogens with zero attached hydrogens (tertiary/aromatic N) is 4. The molecule has 0 spiro atoms. The van der Waals surface area contributed by atoms with Gasteiger partial charge in [0.2, 0.25) is 11.8 Å². The first-order chi connectivity index (χ1) is 10.4. The van der Waals surface area contributed by atoms with Gasteiger partial charge in [0.15, 0.2) is 0 Å². The smallest absolute Gasteiger partial charge is 0.225 e. The molecule has 2 rings (SSSR count). The summed E-state index contributed by atoms with van der Waals surface area (Å²) in [6, 6.07) is 1.95. The second kappa shape index (κ2) is 6.91. The third-order valence-electron chi connectivity index (χ3n) is 3.95. The summed E-state index contributed by atoms with van der Waals surface area (Å²) in [4.78, 5) is 28.0. The van der Waals surface area contributed by atoms with Crippen molar-refractivity contribution in [1.82, 2.24) is 24.9 Å². The summed E-state index contributed by atoms with van der Waals surface area (Å²) in [5.41, 5.74) is 1.89. The molecule has 7 heteroatoms. The van der Waals surface area contributed by atoms with Crippen LogP contribution in [0.1, 0.15) is 17.8 Å². The molecule has 0 aliphatic carbocycles. The van der Waals surface area contributed by atoms with E-state index in [9.17, 15) is 9.59 Å². The zero-order chi connectivity index (χ0) is 16.3. The number of hydrogen-bond acceptors (Lipinski definition) is 4. The van der Waals surface area contributed by atoms with Crippen molar-refractivity contribution in [3.8, 4) is 0 Å². The molecular formula is C15H25N5O2. The lowest BCUT2D eigenvalue weighted by Gasteiger charge is -2.19. The number of likely N-dealkylation sites (tertiary alicyclic amines) is 1. The Hall–Kier alpha value is -1.89. The van der Waals surface area contributed by atoms with Gasteiger partial charge in [0.1, 0.15) is 0 Å². The molecule has 22 heavy (non-hydrogen) atoms. The molecule has 0 aromatic carbocycles. The van der Waals surface area contributed by atoms with Crippen LogP contribution >= 0.6 is 0 Å². The Labute approximate surface area is 131 Å². The highest BCUT2D eigenvalue weighted by molar-refractivity contribution is 5.89. The third kappa shape index (κ3) is 4.07. The van der Waals surface area contributed by atoms with Crippen molar-refractivity contribution in [2.75, 3.05) is 33.7 Å². The third-order valence-corrected chi connectivity index (χ3v) is 3.95. The monoisotopic (exact) mass is 307 g/mol. The summed E-state index contributed by atoms with van der Waals surface area (Å²) in [5, 5.41) is 7.16. The van der Waals surface area contributed by atoms with E-state index < -0.39 is 0 Å². The van der Waals surface area contributed by atoms with Crippen molar-refractivity contribution in [2.24, 2.45) is 13.0 Å². The average molecular weight is 307 g/mol. The highest BCUT2D eigenvalue weighted by atomic mass is 16.2. The highest BCUT2D eigenvalue weighted by Crippen LogP contribution is 2.17. The topological polar surface area (TPSA) is 70.5 Å². The van der Waals surface area contributed by atoms with Crippen molar-refractivity contribution in [3.05, 3.63) is 17.5 Å². The summed E-state index contributed by atoms with van der Waals surface area (Å²) in [6.07, 6.45) is 0.309. The lowest BCUT2D eigenvalue weighted by molar-refractivity contribution is -0.129. The van der Waals surface area contributed by atoms with E-state index in [2.05, 4.69) is 10.4 Å². The van der Waals surface area contributed by atoms with E-state index >= 15 is 0 Å². The lowest BCUT2D eigenvalue weighted by Crippen LogP contribution is -2.35. The fourth-order valence-electron chi connectivity index (χ4n) is 2.64. The van der Waals surface area contributed by atoms with E-state index in [4.69, 9.17) is 0 Å². The Balaban J connectivity index is 1.83. The molecule has 7 nitrogen and oxygen atoms in total. The van der Waals surface area contributed by atoms with Crippen molar-refractivity contribution in [2.45, 2.75) is 19.9 Å². The molecule has 1 N–H and O–H groups in total. The molecule has 122 valence electrons. The minimum Gasteiger partial charge on any atom is -0.350 e. The van der Waals surface area contributed by atoms with Crippen LogP contribution in [-0.2, 0) is 23.2 Å². The Morgan fingerprint density at radius 2 is 2.23 bits per heavy atom. The molecule has 1 saturated heterocycles. The van der Waals surface area contributed by atoms with Gasteiger partial charge in [-0.25, -0.2) is 0 Å². The predicted molar refractivity (Wildman–Crippen MR) is 83.0 cm³/mol. The molecular weight excluding hydrogens is 282 g/mol. The number of likely N-dealkylation sites (N-methyl/N-ethyl adjacent to an activating group) is 1. The Morgan fingerprint density at radius 3 is 2.82 bits per heavy atom. The summed E-state index contributed by atoms with van der Waals surface area (Å²) < 4.78 is 1.76. The molecule has 1 aliphatic rings. The van der Waals surface area contributed by atoms with E-state index in [1.165, 1.54) is 0 Å². The van der Waals surface area contributed by atoms with Crippen molar-refractivity contribution < 1.29 is 9.59 Å². The number of carbonyl (C=O) groups is 2. The van der Waals surface area contributed by atoms with Crippen molar-refractivity contribution >= 4 is 11.8 Å². The van der Waals surface area contributed by atoms with Gasteiger partial charge in [-0.3, -0.25) is 14.3 Å². The van der Waals surface area contributed by atoms with Gasteiger partial charge in [0.25, 0.3) is 0 Å². The zero-order valence-electron chi connectivity index (χ0n) is 13.8. The fraction of sp³-hybridized carbons (Fsp3) is 0.667. The van der Waals surface area contributed by atoms with Crippen LogP contribution in [0.15, 0.2) is 6.07 Å². The lowest BCUT2D eigenvalue weighted by atomic mass is 10.1. The van der Waals surface area contributed by atoms with Crippen molar-refractivity contribution in [1.29, 1.82) is 0 Å². The summed E-state index contributed by atoms with van der Waals surface area (Å²) in [6.45, 7) is 4.37. The molecule has 0 bridgehead atoms. The quantitative estimate of drug-likeness (QED) is 0.787. The van der Waals surface area contributed by atoms with E-state index in [0.717, 1.165) is 17.9 Å². The fourth-order valence-corrected chi connectivity index (χ4v) is 2.64. The molecule has 1 aromatic heterocycles.